The van der Waals surface area contributed by atoms with Crippen LogP contribution in [0.1, 0.15) is 11.1 Å². The van der Waals surface area contributed by atoms with Crippen LogP contribution in [-0.2, 0) is 17.3 Å². The maximum atomic E-state index is 11.3. The number of benzene rings is 2. The van der Waals surface area contributed by atoms with Crippen molar-refractivity contribution in [1.29, 1.82) is 0 Å². The highest BCUT2D eigenvalue weighted by Gasteiger charge is 1.98. The first kappa shape index (κ1) is 13.4. The number of rotatable bonds is 4. The minimum absolute atomic E-state index is 0.713. The van der Waals surface area contributed by atoms with E-state index in [1.54, 1.807) is 6.26 Å². The maximum Gasteiger partial charge on any atom is 0.0498 e. The Morgan fingerprint density at radius 3 is 2.58 bits per heavy atom. The molecule has 19 heavy (non-hydrogen) atoms. The van der Waals surface area contributed by atoms with Gasteiger partial charge in [-0.25, -0.2) is 0 Å². The van der Waals surface area contributed by atoms with E-state index in [2.05, 4.69) is 11.2 Å². The summed E-state index contributed by atoms with van der Waals surface area (Å²) < 4.78 is 11.3. The highest BCUT2D eigenvalue weighted by molar-refractivity contribution is 7.84. The van der Waals surface area contributed by atoms with Crippen molar-refractivity contribution in [2.24, 2.45) is 0 Å². The summed E-state index contributed by atoms with van der Waals surface area (Å²) in [5.41, 5.74) is 3.00. The summed E-state index contributed by atoms with van der Waals surface area (Å²) in [5, 5.41) is 3.31. The number of hydrogen-bond donors (Lipinski definition) is 1. The highest BCUT2D eigenvalue weighted by Crippen LogP contribution is 2.13. The minimum Gasteiger partial charge on any atom is -0.381 e. The predicted octanol–water partition coefficient (Wildman–Crippen LogP) is 3.02. The Labute approximate surface area is 116 Å². The Morgan fingerprint density at radius 1 is 1.21 bits per heavy atom. The van der Waals surface area contributed by atoms with Gasteiger partial charge < -0.3 is 5.32 Å². The molecule has 1 atom stereocenters. The van der Waals surface area contributed by atoms with Crippen molar-refractivity contribution in [1.82, 2.24) is 0 Å². The van der Waals surface area contributed by atoms with Crippen molar-refractivity contribution < 1.29 is 4.21 Å². The molecule has 0 aliphatic rings. The monoisotopic (exact) mass is 269 g/mol. The lowest BCUT2D eigenvalue weighted by molar-refractivity contribution is 0.687. The molecule has 0 aliphatic carbocycles. The van der Waals surface area contributed by atoms with Crippen LogP contribution in [0.25, 0.3) is 0 Å². The standard InChI is InChI=1S/C16H15NOS/c1-3-13-5-4-6-15(11-13)17-12-14-7-9-16(10-8-14)19(2)18/h1,4-11,17H,12H2,2H3/t19-/m0/s1. The summed E-state index contributed by atoms with van der Waals surface area (Å²) in [4.78, 5) is 0.845. The van der Waals surface area contributed by atoms with Gasteiger partial charge in [0, 0.05) is 39.7 Å². The van der Waals surface area contributed by atoms with Crippen molar-refractivity contribution in [3.63, 3.8) is 0 Å². The Morgan fingerprint density at radius 2 is 1.95 bits per heavy atom. The van der Waals surface area contributed by atoms with Crippen LogP contribution < -0.4 is 5.32 Å². The Hall–Kier alpha value is -2.05. The number of terminal acetylenes is 1. The third-order valence-corrected chi connectivity index (χ3v) is 3.72. The summed E-state index contributed by atoms with van der Waals surface area (Å²) in [5.74, 6) is 2.61. The molecule has 0 spiro atoms. The molecule has 0 bridgehead atoms. The second kappa shape index (κ2) is 6.21. The van der Waals surface area contributed by atoms with E-state index in [-0.39, 0.29) is 0 Å². The molecular weight excluding hydrogens is 254 g/mol. The molecule has 0 radical (unpaired) electrons. The van der Waals surface area contributed by atoms with Gasteiger partial charge in [0.1, 0.15) is 0 Å². The van der Waals surface area contributed by atoms with E-state index in [1.807, 2.05) is 48.5 Å². The van der Waals surface area contributed by atoms with E-state index in [0.717, 1.165) is 21.7 Å². The molecule has 0 amide bonds. The first-order valence-electron chi connectivity index (χ1n) is 5.92. The van der Waals surface area contributed by atoms with Crippen LogP contribution in [0.15, 0.2) is 53.4 Å². The average Bonchev–Trinajstić information content (AvgIpc) is 2.46. The summed E-state index contributed by atoms with van der Waals surface area (Å²) in [7, 11) is -0.924. The van der Waals surface area contributed by atoms with E-state index in [9.17, 15) is 4.21 Å². The molecule has 0 saturated heterocycles. The van der Waals surface area contributed by atoms with E-state index in [0.29, 0.717) is 6.54 Å². The number of anilines is 1. The fraction of sp³-hybridized carbons (Fsp3) is 0.125. The van der Waals surface area contributed by atoms with Crippen molar-refractivity contribution in [2.45, 2.75) is 11.4 Å². The summed E-state index contributed by atoms with van der Waals surface area (Å²) >= 11 is 0. The lowest BCUT2D eigenvalue weighted by Gasteiger charge is -2.07. The van der Waals surface area contributed by atoms with Gasteiger partial charge in [-0.15, -0.1) is 6.42 Å². The third kappa shape index (κ3) is 3.70. The molecule has 3 heteroatoms. The van der Waals surface area contributed by atoms with Gasteiger partial charge in [0.2, 0.25) is 0 Å². The molecule has 2 nitrogen and oxygen atoms in total. The second-order valence-electron chi connectivity index (χ2n) is 4.18. The molecule has 2 rings (SSSR count). The lowest BCUT2D eigenvalue weighted by Crippen LogP contribution is -1.99. The zero-order valence-corrected chi connectivity index (χ0v) is 11.5. The average molecular weight is 269 g/mol. The zero-order valence-electron chi connectivity index (χ0n) is 10.7. The van der Waals surface area contributed by atoms with Gasteiger partial charge in [-0.1, -0.05) is 24.1 Å². The normalized spacial score (nSPS) is 11.6. The molecule has 2 aromatic carbocycles. The first-order chi connectivity index (χ1) is 9.19. The van der Waals surface area contributed by atoms with Crippen LogP contribution in [-0.4, -0.2) is 10.5 Å². The number of hydrogen-bond acceptors (Lipinski definition) is 2. The van der Waals surface area contributed by atoms with Crippen molar-refractivity contribution in [3.05, 3.63) is 59.7 Å². The van der Waals surface area contributed by atoms with Crippen LogP contribution in [0, 0.1) is 12.3 Å². The highest BCUT2D eigenvalue weighted by atomic mass is 32.2. The van der Waals surface area contributed by atoms with Gasteiger partial charge in [0.15, 0.2) is 0 Å². The first-order valence-corrected chi connectivity index (χ1v) is 7.48. The summed E-state index contributed by atoms with van der Waals surface area (Å²) in [6.45, 7) is 0.713. The van der Waals surface area contributed by atoms with Gasteiger partial charge in [-0.05, 0) is 35.9 Å². The molecule has 0 aromatic heterocycles. The Kier molecular flexibility index (Phi) is 4.38. The molecule has 0 fully saturated rings. The molecule has 0 unspecified atom stereocenters. The predicted molar refractivity (Wildman–Crippen MR) is 80.5 cm³/mol. The molecule has 2 aromatic rings. The smallest absolute Gasteiger partial charge is 0.0498 e. The molecule has 0 saturated carbocycles. The minimum atomic E-state index is -0.924. The largest absolute Gasteiger partial charge is 0.381 e. The second-order valence-corrected chi connectivity index (χ2v) is 5.56. The van der Waals surface area contributed by atoms with Crippen molar-refractivity contribution in [3.8, 4) is 12.3 Å². The lowest BCUT2D eigenvalue weighted by atomic mass is 10.2. The fourth-order valence-electron chi connectivity index (χ4n) is 1.72. The van der Waals surface area contributed by atoms with Crippen LogP contribution >= 0.6 is 0 Å². The molecule has 0 aliphatic heterocycles. The fourth-order valence-corrected chi connectivity index (χ4v) is 2.24. The molecular formula is C16H15NOS. The van der Waals surface area contributed by atoms with E-state index < -0.39 is 10.8 Å². The van der Waals surface area contributed by atoms with Crippen LogP contribution in [0.3, 0.4) is 0 Å². The molecule has 96 valence electrons. The SMILES string of the molecule is C#Cc1cccc(NCc2ccc([S@](C)=O)cc2)c1. The van der Waals surface area contributed by atoms with E-state index >= 15 is 0 Å². The van der Waals surface area contributed by atoms with Crippen LogP contribution in [0.2, 0.25) is 0 Å². The van der Waals surface area contributed by atoms with E-state index in [1.165, 1.54) is 0 Å². The van der Waals surface area contributed by atoms with Gasteiger partial charge in [0.25, 0.3) is 0 Å². The topological polar surface area (TPSA) is 29.1 Å². The molecule has 0 heterocycles. The summed E-state index contributed by atoms with van der Waals surface area (Å²) in [6, 6.07) is 15.5. The van der Waals surface area contributed by atoms with Gasteiger partial charge in [-0.2, -0.15) is 0 Å². The van der Waals surface area contributed by atoms with Crippen LogP contribution in [0.5, 0.6) is 0 Å². The molecule has 1 N–H and O–H groups in total. The number of nitrogens with one attached hydrogen (secondary N) is 1. The maximum absolute atomic E-state index is 11.3. The summed E-state index contributed by atoms with van der Waals surface area (Å²) in [6.07, 6.45) is 7.04. The van der Waals surface area contributed by atoms with Crippen LogP contribution in [0.4, 0.5) is 5.69 Å². The quantitative estimate of drug-likeness (QED) is 0.864. The Balaban J connectivity index is 2.02. The zero-order chi connectivity index (χ0) is 13.7. The van der Waals surface area contributed by atoms with E-state index in [4.69, 9.17) is 6.42 Å². The van der Waals surface area contributed by atoms with Crippen molar-refractivity contribution >= 4 is 16.5 Å². The Bertz CT molecular complexity index is 626. The van der Waals surface area contributed by atoms with Crippen molar-refractivity contribution in [2.75, 3.05) is 11.6 Å². The van der Waals surface area contributed by atoms with Gasteiger partial charge >= 0.3 is 0 Å². The third-order valence-electron chi connectivity index (χ3n) is 2.78. The van der Waals surface area contributed by atoms with Gasteiger partial charge in [0.05, 0.1) is 0 Å². The van der Waals surface area contributed by atoms with Gasteiger partial charge in [-0.3, -0.25) is 4.21 Å².